The molecule has 54 heteroatoms. The van der Waals surface area contributed by atoms with Crippen LogP contribution in [0.2, 0.25) is 0 Å². The van der Waals surface area contributed by atoms with Crippen molar-refractivity contribution in [3.8, 4) is 0 Å². The Labute approximate surface area is 870 Å². The summed E-state index contributed by atoms with van der Waals surface area (Å²) >= 11 is 13.1. The second kappa shape index (κ2) is 54.6. The minimum absolute atomic E-state index is 0.0417. The van der Waals surface area contributed by atoms with Gasteiger partial charge in [0.15, 0.2) is 40.7 Å². The molecule has 0 aromatic carbocycles. The molecule has 0 spiro atoms. The van der Waals surface area contributed by atoms with Crippen LogP contribution < -0.4 is 71.1 Å². The van der Waals surface area contributed by atoms with Gasteiger partial charge in [0.25, 0.3) is 27.8 Å². The number of hydrogen-bond acceptors (Lipinski definition) is 36. The van der Waals surface area contributed by atoms with Crippen LogP contribution in [0.15, 0.2) is 80.3 Å². The molecule has 24 atom stereocenters. The van der Waals surface area contributed by atoms with E-state index in [9.17, 15) is 119 Å². The molecule has 1 radical (unpaired) electrons. The number of aliphatic hydroxyl groups excluding tert-OH is 12. The fourth-order valence-electron chi connectivity index (χ4n) is 16.4. The van der Waals surface area contributed by atoms with Crippen LogP contribution in [0.3, 0.4) is 0 Å². The van der Waals surface area contributed by atoms with Gasteiger partial charge in [0, 0.05) is 91.2 Å². The van der Waals surface area contributed by atoms with Crippen LogP contribution in [0.1, 0.15) is 130 Å². The van der Waals surface area contributed by atoms with E-state index >= 15 is 0 Å². The number of aliphatic hydroxyl groups is 12. The summed E-state index contributed by atoms with van der Waals surface area (Å²) in [6.07, 6.45) is 18.4. The topological polar surface area (TPSA) is 660 Å². The first-order valence-electron chi connectivity index (χ1n) is 47.5. The van der Waals surface area contributed by atoms with Crippen molar-refractivity contribution in [2.24, 2.45) is 0 Å². The Morgan fingerprint density at radius 3 is 0.735 bits per heavy atom. The Morgan fingerprint density at radius 2 is 0.503 bits per heavy atom. The standard InChI is InChI=1S/2C16H25N2O6P.C16H25N2O5PS.C15H26N3O5P.C15H26N3O4PS.C15H25N3O4PSe/c2*1-9(19)7-10-8-18(16(23)17-14(10)22)15-13(21)12(20)11(24-15)5-6-25(2,3)4;1-9(19)7-10-8-18(16(25)17-14(10)22)15-13(21)12(20)11(23-15)5-6-24(2,3)4;1-16-7-9-8-18(15(22)17-13(9)21)14-12(20)11(19)10(23-14)5-6-24(2,3)4;2*1-16-7-9-8-18(15(24)17-13(9)21)14-12(20)11(19)10(22-14)5-6-23(2,3)4/h2*8,11-13,15,20-21H,2,5-7H2,1,3-4H3,(H,17,22,23);8,11-13,15,20-21H,2,5-7H2,1,3-4H3,(H,17,22,25);8,10-12,14,16,19-20H,2,5-7H2,1,3-4H3,(H,17,21,22);8,10-12,14,16,19-20H,2,5-7H2,1,3-4H3,(H,17,21,24);8,10-12,14,16,19-20H,2,5-7H2,1,3-4H3/t3*11-,12-,13-,15-;3*10-,11-,12-,14-/m111111/s1. The summed E-state index contributed by atoms with van der Waals surface area (Å²) in [6, 6.07) is 0. The molecule has 6 saturated heterocycles. The summed E-state index contributed by atoms with van der Waals surface area (Å²) in [4.78, 5) is 157. The van der Waals surface area contributed by atoms with Gasteiger partial charge < -0.3 is 85.4 Å². The van der Waals surface area contributed by atoms with Gasteiger partial charge in [-0.25, -0.2) is 14.4 Å². The van der Waals surface area contributed by atoms with Gasteiger partial charge in [-0.15, -0.1) is 65.9 Å². The van der Waals surface area contributed by atoms with Crippen LogP contribution in [0.4, 0.5) is 0 Å². The third-order valence-corrected chi connectivity index (χ3v) is 34.5. The van der Waals surface area contributed by atoms with Crippen molar-refractivity contribution in [1.29, 1.82) is 0 Å². The van der Waals surface area contributed by atoms with Gasteiger partial charge in [0.05, 0.1) is 30.5 Å². The first-order chi connectivity index (χ1) is 67.9. The number of ketones is 3. The normalized spacial score (nSPS) is 27.1. The molecule has 0 bridgehead atoms. The molecular weight excluding hydrogens is 2140 g/mol. The summed E-state index contributed by atoms with van der Waals surface area (Å²) < 4.78 is 42.9. The van der Waals surface area contributed by atoms with E-state index in [1.807, 2.05) is 0 Å². The molecule has 12 rings (SSSR count). The van der Waals surface area contributed by atoms with Crippen LogP contribution in [0.5, 0.6) is 0 Å². The molecular formula is C93H152N15O30P6S2Se. The van der Waals surface area contributed by atoms with E-state index in [2.05, 4.69) is 180 Å². The summed E-state index contributed by atoms with van der Waals surface area (Å²) in [5, 5.41) is 132. The minimum atomic E-state index is -1.32. The van der Waals surface area contributed by atoms with Gasteiger partial charge in [-0.05, 0) is 189 Å². The van der Waals surface area contributed by atoms with Gasteiger partial charge in [-0.1, -0.05) is 0 Å². The molecule has 6 aliphatic heterocycles. The Hall–Kier alpha value is -6.39. The molecule has 0 unspecified atom stereocenters. The Kier molecular flexibility index (Phi) is 47.4. The Bertz CT molecular complexity index is 6160. The summed E-state index contributed by atoms with van der Waals surface area (Å²) in [7, 11) is 5.15. The fourth-order valence-corrected chi connectivity index (χ4v) is 23.2. The fraction of sp³-hybridized carbons (Fsp3) is 0.645. The van der Waals surface area contributed by atoms with Crippen molar-refractivity contribution in [2.45, 2.75) is 245 Å². The molecule has 147 heavy (non-hydrogen) atoms. The van der Waals surface area contributed by atoms with E-state index in [1.54, 1.807) is 38.1 Å². The molecule has 6 fully saturated rings. The number of aromatic amines is 5. The third-order valence-electron chi connectivity index (χ3n) is 24.4. The average Bonchev–Trinajstić information content (AvgIpc) is 1.68. The maximum absolute atomic E-state index is 12.1. The number of carbonyl (C=O) groups is 3. The van der Waals surface area contributed by atoms with Crippen molar-refractivity contribution in [2.75, 3.05) is 138 Å². The zero-order chi connectivity index (χ0) is 111. The third kappa shape index (κ3) is 37.2. The predicted octanol–water partition coefficient (Wildman–Crippen LogP) is -2.68. The van der Waals surface area contributed by atoms with Crippen molar-refractivity contribution in [3.05, 3.63) is 174 Å². The predicted molar refractivity (Wildman–Crippen MR) is 589 cm³/mol. The zero-order valence-electron chi connectivity index (χ0n) is 86.5. The number of nitrogens with one attached hydrogen (secondary N) is 8. The molecule has 0 amide bonds. The Balaban J connectivity index is 0.000000239. The number of aromatic nitrogens is 12. The summed E-state index contributed by atoms with van der Waals surface area (Å²) in [5.41, 5.74) is -3.31. The Morgan fingerprint density at radius 1 is 0.320 bits per heavy atom. The monoisotopic (exact) mass is 2290 g/mol. The summed E-state index contributed by atoms with van der Waals surface area (Å²) in [6.45, 7) is 22.4. The van der Waals surface area contributed by atoms with Crippen LogP contribution in [0.25, 0.3) is 0 Å². The number of Topliss-reactive ketones (excluding diaryl/α,β-unsaturated/α-hetero) is 3. The second-order valence-electron chi connectivity index (χ2n) is 42.1. The zero-order valence-corrected chi connectivity index (χ0v) is 95.3. The molecule has 0 aliphatic carbocycles. The van der Waals surface area contributed by atoms with E-state index in [4.69, 9.17) is 52.9 Å². The van der Waals surface area contributed by atoms with E-state index < -0.39 is 228 Å². The second-order valence-corrected chi connectivity index (χ2v) is 69.5. The SMILES string of the molecule is C=P(C)(C)CC[C@H]1O[C@@H](n2cc(CC(C)=O)c(=O)[nH]c2=O)[C@H](O)[C@@H]1O.C=P(C)(C)CC[C@H]1O[C@@H](n2cc(CC(C)=O)c(=O)[nH]c2=O)[C@H](O)[C@@H]1O.C=P(C)(C)CC[C@H]1O[C@@H](n2cc(CC(C)=O)c(=O)[nH]c2=S)[C@H](O)[C@@H]1O.C=P(C)(C)CC[C@H]1O[C@@H](n2cc(CNC)c(=O)[nH]c2=O)[C@H](O)[C@@H]1O.C=P(C)(C)CC[C@H]1O[C@@H](n2cc(CNC)c(=O)[nH]c2=S)[C@H](O)[C@@H]1O.C=P(C)(C)CC[C@H]1O[C@@H](n2cc(CNC)c(=O)nc2[Se])[C@H](O)[C@@H]1O. The molecule has 0 saturated carbocycles. The van der Waals surface area contributed by atoms with E-state index in [0.29, 0.717) is 73.0 Å². The van der Waals surface area contributed by atoms with E-state index in [-0.39, 0.29) is 80.5 Å². The number of nitrogens with zero attached hydrogens (tertiary/aromatic N) is 7. The van der Waals surface area contributed by atoms with Gasteiger partial charge in [-0.3, -0.25) is 86.1 Å². The first-order valence-corrected chi connectivity index (χ1v) is 67.5. The number of H-pyrrole nitrogens is 5. The molecule has 827 valence electrons. The van der Waals surface area contributed by atoms with Crippen LogP contribution in [0, 0.1) is 9.54 Å². The summed E-state index contributed by atoms with van der Waals surface area (Å²) in [5.74, 6) is -0.632. The van der Waals surface area contributed by atoms with E-state index in [1.165, 1.54) is 54.7 Å². The number of hydrogen-bond donors (Lipinski definition) is 20. The van der Waals surface area contributed by atoms with Crippen LogP contribution in [-0.2, 0) is 81.7 Å². The number of rotatable bonds is 36. The number of carbonyl (C=O) groups excluding carboxylic acids is 3. The quantitative estimate of drug-likeness (QED) is 0.0108. The molecule has 20 N–H and O–H groups in total. The molecule has 6 aliphatic rings. The first kappa shape index (κ1) is 128. The molecule has 6 aromatic rings. The van der Waals surface area contributed by atoms with Crippen molar-refractivity contribution in [3.63, 3.8) is 0 Å². The number of ether oxygens (including phenoxy) is 6. The van der Waals surface area contributed by atoms with E-state index in [0.717, 1.165) is 50.7 Å². The van der Waals surface area contributed by atoms with Crippen molar-refractivity contribution < 1.29 is 104 Å². The molecule has 6 aromatic heterocycles. The van der Waals surface area contributed by atoms with Crippen LogP contribution >= 0.6 is 65.8 Å². The maximum atomic E-state index is 12.1. The molecule has 12 heterocycles. The van der Waals surface area contributed by atoms with Crippen LogP contribution in [-0.4, -0.2) is 438 Å². The molecule has 45 nitrogen and oxygen atoms in total. The van der Waals surface area contributed by atoms with Crippen molar-refractivity contribution >= 4 is 142 Å². The van der Waals surface area contributed by atoms with Gasteiger partial charge >= 0.3 is 167 Å². The van der Waals surface area contributed by atoms with Crippen molar-refractivity contribution in [1.82, 2.24) is 73.3 Å². The van der Waals surface area contributed by atoms with Gasteiger partial charge in [0.2, 0.25) is 0 Å². The van der Waals surface area contributed by atoms with Gasteiger partial charge in [-0.2, -0.15) is 0 Å². The van der Waals surface area contributed by atoms with Gasteiger partial charge in [0.1, 0.15) is 78.4 Å². The average molecular weight is 2290 g/mol.